The molecule has 2 saturated heterocycles. The molecule has 2 aliphatic heterocycles. The predicted molar refractivity (Wildman–Crippen MR) is 75.9 cm³/mol. The molecule has 2 aliphatic rings. The normalized spacial score (nSPS) is 33.8. The monoisotopic (exact) mass is 271 g/mol. The van der Waals surface area contributed by atoms with Crippen molar-refractivity contribution in [2.75, 3.05) is 18.1 Å². The van der Waals surface area contributed by atoms with Crippen molar-refractivity contribution in [3.63, 3.8) is 0 Å². The van der Waals surface area contributed by atoms with Gasteiger partial charge in [0.2, 0.25) is 0 Å². The first kappa shape index (κ1) is 14.4. The zero-order chi connectivity index (χ0) is 13.0. The lowest BCUT2D eigenvalue weighted by Crippen LogP contribution is -2.42. The van der Waals surface area contributed by atoms with Crippen LogP contribution < -0.4 is 5.73 Å². The lowest BCUT2D eigenvalue weighted by molar-refractivity contribution is -0.134. The second-order valence-electron chi connectivity index (χ2n) is 5.86. The molecule has 2 rings (SSSR count). The molecule has 4 heteroatoms. The molecule has 1 spiro atoms. The quantitative estimate of drug-likeness (QED) is 0.834. The van der Waals surface area contributed by atoms with Gasteiger partial charge in [-0.15, -0.1) is 0 Å². The number of carbonyl (C=O) groups excluding carboxylic acids is 1. The summed E-state index contributed by atoms with van der Waals surface area (Å²) in [5.74, 6) is 2.95. The zero-order valence-corrected chi connectivity index (χ0v) is 12.1. The Morgan fingerprint density at radius 2 is 2.44 bits per heavy atom. The van der Waals surface area contributed by atoms with Crippen LogP contribution in [0, 0.1) is 5.92 Å². The van der Waals surface area contributed by atoms with E-state index in [-0.39, 0.29) is 17.6 Å². The number of ether oxygens (including phenoxy) is 1. The third kappa shape index (κ3) is 3.72. The van der Waals surface area contributed by atoms with E-state index in [1.54, 1.807) is 0 Å². The average molecular weight is 271 g/mol. The van der Waals surface area contributed by atoms with Gasteiger partial charge in [0.1, 0.15) is 5.78 Å². The largest absolute Gasteiger partial charge is 0.374 e. The summed E-state index contributed by atoms with van der Waals surface area (Å²) in [7, 11) is 0. The minimum Gasteiger partial charge on any atom is -0.374 e. The fourth-order valence-corrected chi connectivity index (χ4v) is 4.35. The van der Waals surface area contributed by atoms with E-state index >= 15 is 0 Å². The van der Waals surface area contributed by atoms with Gasteiger partial charge in [0, 0.05) is 30.7 Å². The van der Waals surface area contributed by atoms with E-state index in [1.165, 1.54) is 5.75 Å². The summed E-state index contributed by atoms with van der Waals surface area (Å²) in [6, 6.07) is 0.213. The molecule has 3 nitrogen and oxygen atoms in total. The first-order chi connectivity index (χ1) is 8.61. The van der Waals surface area contributed by atoms with Crippen LogP contribution in [0.1, 0.15) is 45.4 Å². The predicted octanol–water partition coefficient (Wildman–Crippen LogP) is 2.38. The Morgan fingerprint density at radius 3 is 3.11 bits per heavy atom. The maximum atomic E-state index is 12.2. The van der Waals surface area contributed by atoms with E-state index in [4.69, 9.17) is 10.5 Å². The molecule has 2 heterocycles. The van der Waals surface area contributed by atoms with Crippen molar-refractivity contribution >= 4 is 17.5 Å². The van der Waals surface area contributed by atoms with Crippen LogP contribution in [0.25, 0.3) is 0 Å². The standard InChI is InChI=1S/C14H25NO2S/c1-11(15)3-2-4-13(16)12-5-7-17-14(9-12)6-8-18-10-14/h11-12H,2-10,15H2,1H3. The lowest BCUT2D eigenvalue weighted by Gasteiger charge is -2.37. The molecular formula is C14H25NO2S. The Bertz CT molecular complexity index is 288. The molecule has 0 aromatic carbocycles. The second kappa shape index (κ2) is 6.40. The van der Waals surface area contributed by atoms with Crippen molar-refractivity contribution in [3.05, 3.63) is 0 Å². The maximum absolute atomic E-state index is 12.2. The van der Waals surface area contributed by atoms with Crippen LogP contribution in [0.5, 0.6) is 0 Å². The number of hydrogen-bond donors (Lipinski definition) is 1. The van der Waals surface area contributed by atoms with Crippen LogP contribution in [0.2, 0.25) is 0 Å². The van der Waals surface area contributed by atoms with Crippen molar-refractivity contribution in [2.45, 2.75) is 57.1 Å². The van der Waals surface area contributed by atoms with Gasteiger partial charge in [-0.2, -0.15) is 11.8 Å². The molecule has 104 valence electrons. The minimum atomic E-state index is 0.0321. The van der Waals surface area contributed by atoms with Gasteiger partial charge in [-0.1, -0.05) is 0 Å². The van der Waals surface area contributed by atoms with E-state index in [0.717, 1.165) is 44.5 Å². The summed E-state index contributed by atoms with van der Waals surface area (Å²) >= 11 is 1.96. The van der Waals surface area contributed by atoms with Gasteiger partial charge in [-0.3, -0.25) is 4.79 Å². The van der Waals surface area contributed by atoms with E-state index in [1.807, 2.05) is 18.7 Å². The summed E-state index contributed by atoms with van der Waals surface area (Å²) < 4.78 is 5.96. The molecular weight excluding hydrogens is 246 g/mol. The topological polar surface area (TPSA) is 52.3 Å². The van der Waals surface area contributed by atoms with E-state index in [2.05, 4.69) is 0 Å². The Morgan fingerprint density at radius 1 is 1.61 bits per heavy atom. The van der Waals surface area contributed by atoms with E-state index < -0.39 is 0 Å². The van der Waals surface area contributed by atoms with Crippen molar-refractivity contribution in [3.8, 4) is 0 Å². The first-order valence-electron chi connectivity index (χ1n) is 7.11. The Balaban J connectivity index is 1.79. The highest BCUT2D eigenvalue weighted by Crippen LogP contribution is 2.40. The summed E-state index contributed by atoms with van der Waals surface area (Å²) in [6.07, 6.45) is 5.60. The Labute approximate surface area is 114 Å². The SMILES string of the molecule is CC(N)CCCC(=O)C1CCOC2(CCSC2)C1. The number of thioether (sulfide) groups is 1. The van der Waals surface area contributed by atoms with Gasteiger partial charge in [0.25, 0.3) is 0 Å². The number of Topliss-reactive ketones (excluding diaryl/α,β-unsaturated/α-hetero) is 1. The summed E-state index contributed by atoms with van der Waals surface area (Å²) in [5.41, 5.74) is 5.75. The highest BCUT2D eigenvalue weighted by Gasteiger charge is 2.42. The van der Waals surface area contributed by atoms with Crippen molar-refractivity contribution in [1.29, 1.82) is 0 Å². The molecule has 0 bridgehead atoms. The highest BCUT2D eigenvalue weighted by molar-refractivity contribution is 7.99. The Kier molecular flexibility index (Phi) is 5.10. The minimum absolute atomic E-state index is 0.0321. The number of ketones is 1. The van der Waals surface area contributed by atoms with Crippen molar-refractivity contribution in [1.82, 2.24) is 0 Å². The van der Waals surface area contributed by atoms with Gasteiger partial charge >= 0.3 is 0 Å². The second-order valence-corrected chi connectivity index (χ2v) is 6.96. The van der Waals surface area contributed by atoms with Crippen molar-refractivity contribution < 1.29 is 9.53 Å². The third-order valence-electron chi connectivity index (χ3n) is 4.10. The van der Waals surface area contributed by atoms with Crippen molar-refractivity contribution in [2.24, 2.45) is 11.7 Å². The van der Waals surface area contributed by atoms with Crippen LogP contribution in [0.3, 0.4) is 0 Å². The molecule has 18 heavy (non-hydrogen) atoms. The summed E-state index contributed by atoms with van der Waals surface area (Å²) in [4.78, 5) is 12.2. The van der Waals surface area contributed by atoms with Gasteiger partial charge < -0.3 is 10.5 Å². The molecule has 3 unspecified atom stereocenters. The number of hydrogen-bond acceptors (Lipinski definition) is 4. The van der Waals surface area contributed by atoms with Gasteiger partial charge in [-0.05, 0) is 44.8 Å². The van der Waals surface area contributed by atoms with E-state index in [9.17, 15) is 4.79 Å². The first-order valence-corrected chi connectivity index (χ1v) is 8.27. The molecule has 0 aliphatic carbocycles. The molecule has 2 N–H and O–H groups in total. The molecule has 0 aromatic rings. The highest BCUT2D eigenvalue weighted by atomic mass is 32.2. The van der Waals surface area contributed by atoms with Crippen LogP contribution in [0.4, 0.5) is 0 Å². The summed E-state index contributed by atoms with van der Waals surface area (Å²) in [5, 5.41) is 0. The van der Waals surface area contributed by atoms with Crippen LogP contribution in [-0.2, 0) is 9.53 Å². The molecule has 0 amide bonds. The number of carbonyl (C=O) groups is 1. The average Bonchev–Trinajstić information content (AvgIpc) is 2.76. The molecule has 0 radical (unpaired) electrons. The van der Waals surface area contributed by atoms with Gasteiger partial charge in [0.15, 0.2) is 0 Å². The van der Waals surface area contributed by atoms with Crippen LogP contribution in [0.15, 0.2) is 0 Å². The Hall–Kier alpha value is -0.0600. The smallest absolute Gasteiger partial charge is 0.136 e. The lowest BCUT2D eigenvalue weighted by atomic mass is 9.82. The molecule has 0 aromatic heterocycles. The van der Waals surface area contributed by atoms with Crippen LogP contribution >= 0.6 is 11.8 Å². The zero-order valence-electron chi connectivity index (χ0n) is 11.3. The fourth-order valence-electron chi connectivity index (χ4n) is 2.97. The van der Waals surface area contributed by atoms with Gasteiger partial charge in [-0.25, -0.2) is 0 Å². The summed E-state index contributed by atoms with van der Waals surface area (Å²) in [6.45, 7) is 2.77. The maximum Gasteiger partial charge on any atom is 0.136 e. The third-order valence-corrected chi connectivity index (χ3v) is 5.32. The molecule has 2 fully saturated rings. The number of nitrogens with two attached hydrogens (primary N) is 1. The molecule has 0 saturated carbocycles. The van der Waals surface area contributed by atoms with Crippen LogP contribution in [-0.4, -0.2) is 35.5 Å². The van der Waals surface area contributed by atoms with E-state index in [0.29, 0.717) is 12.2 Å². The van der Waals surface area contributed by atoms with Gasteiger partial charge in [0.05, 0.1) is 5.60 Å². The molecule has 3 atom stereocenters. The fraction of sp³-hybridized carbons (Fsp3) is 0.929. The number of rotatable bonds is 5.